The second-order valence-corrected chi connectivity index (χ2v) is 6.96. The number of rotatable bonds is 5. The molecule has 0 radical (unpaired) electrons. The van der Waals surface area contributed by atoms with Crippen molar-refractivity contribution in [1.82, 2.24) is 5.32 Å². The summed E-state index contributed by atoms with van der Waals surface area (Å²) in [5, 5.41) is 6.19. The molecule has 0 aliphatic heterocycles. The molecule has 2 aromatic rings. The van der Waals surface area contributed by atoms with Crippen LogP contribution in [0.25, 0.3) is 0 Å². The molecule has 0 saturated carbocycles. The van der Waals surface area contributed by atoms with E-state index in [1.807, 2.05) is 19.9 Å². The lowest BCUT2D eigenvalue weighted by Crippen LogP contribution is -2.47. The van der Waals surface area contributed by atoms with Crippen molar-refractivity contribution in [3.63, 3.8) is 0 Å². The molecule has 0 bridgehead atoms. The molecule has 0 aliphatic carbocycles. The Morgan fingerprint density at radius 2 is 1.67 bits per heavy atom. The molecule has 4 nitrogen and oxygen atoms in total. The van der Waals surface area contributed by atoms with Crippen LogP contribution in [0, 0.1) is 5.92 Å². The molecule has 2 N–H and O–H groups in total. The number of halogens is 2. The van der Waals surface area contributed by atoms with E-state index in [-0.39, 0.29) is 17.7 Å². The first-order valence-corrected chi connectivity index (χ1v) is 8.67. The van der Waals surface area contributed by atoms with Gasteiger partial charge >= 0.3 is 0 Å². The minimum atomic E-state index is -0.653. The van der Waals surface area contributed by atoms with Gasteiger partial charge < -0.3 is 10.6 Å². The number of nitrogens with one attached hydrogen (secondary N) is 2. The van der Waals surface area contributed by atoms with E-state index in [1.165, 1.54) is 0 Å². The van der Waals surface area contributed by atoms with Gasteiger partial charge in [0.15, 0.2) is 0 Å². The zero-order valence-electron chi connectivity index (χ0n) is 13.3. The fourth-order valence-electron chi connectivity index (χ4n) is 2.15. The summed E-state index contributed by atoms with van der Waals surface area (Å²) in [7, 11) is 0. The predicted molar refractivity (Wildman–Crippen MR) is 100 cm³/mol. The summed E-state index contributed by atoms with van der Waals surface area (Å²) >= 11 is 9.19. The van der Waals surface area contributed by atoms with Gasteiger partial charge in [0, 0.05) is 15.2 Å². The zero-order chi connectivity index (χ0) is 17.7. The van der Waals surface area contributed by atoms with Gasteiger partial charge in [-0.3, -0.25) is 9.59 Å². The van der Waals surface area contributed by atoms with Gasteiger partial charge in [0.1, 0.15) is 6.04 Å². The lowest BCUT2D eigenvalue weighted by Gasteiger charge is -2.22. The minimum absolute atomic E-state index is 0.0660. The van der Waals surface area contributed by atoms with Crippen LogP contribution in [0.2, 0.25) is 5.02 Å². The van der Waals surface area contributed by atoms with Gasteiger partial charge in [-0.05, 0) is 58.2 Å². The molecule has 2 amide bonds. The molecule has 1 atom stereocenters. The number of anilines is 1. The standard InChI is InChI=1S/C18H18BrClN2O2/c1-11(2)16(18(24)21-13-9-7-12(20)8-10-13)22-17(23)14-5-3-4-6-15(14)19/h3-11,16H,1-2H3,(H,21,24)(H,22,23)/t16-/m1/s1. The van der Waals surface area contributed by atoms with Crippen LogP contribution in [0.4, 0.5) is 5.69 Å². The van der Waals surface area contributed by atoms with E-state index in [0.717, 1.165) is 0 Å². The molecule has 2 rings (SSSR count). The lowest BCUT2D eigenvalue weighted by molar-refractivity contribution is -0.118. The average Bonchev–Trinajstić information content (AvgIpc) is 2.54. The maximum Gasteiger partial charge on any atom is 0.253 e. The van der Waals surface area contributed by atoms with Gasteiger partial charge in [-0.1, -0.05) is 37.6 Å². The highest BCUT2D eigenvalue weighted by Gasteiger charge is 2.25. The molecule has 126 valence electrons. The van der Waals surface area contributed by atoms with Gasteiger partial charge in [0.25, 0.3) is 5.91 Å². The first-order chi connectivity index (χ1) is 11.4. The third kappa shape index (κ3) is 4.82. The van der Waals surface area contributed by atoms with E-state index < -0.39 is 6.04 Å². The van der Waals surface area contributed by atoms with Crippen molar-refractivity contribution in [3.8, 4) is 0 Å². The number of carbonyl (C=O) groups is 2. The molecule has 0 heterocycles. The van der Waals surface area contributed by atoms with E-state index in [1.54, 1.807) is 42.5 Å². The third-order valence-electron chi connectivity index (χ3n) is 3.47. The van der Waals surface area contributed by atoms with Crippen LogP contribution in [-0.4, -0.2) is 17.9 Å². The van der Waals surface area contributed by atoms with Gasteiger partial charge in [0.05, 0.1) is 5.56 Å². The summed E-state index contributed by atoms with van der Waals surface area (Å²) < 4.78 is 0.683. The van der Waals surface area contributed by atoms with Crippen molar-refractivity contribution in [2.24, 2.45) is 5.92 Å². The Bertz CT molecular complexity index is 732. The highest BCUT2D eigenvalue weighted by atomic mass is 79.9. The Labute approximate surface area is 154 Å². The van der Waals surface area contributed by atoms with Gasteiger partial charge in [-0.25, -0.2) is 0 Å². The highest BCUT2D eigenvalue weighted by Crippen LogP contribution is 2.17. The van der Waals surface area contributed by atoms with Crippen molar-refractivity contribution >= 4 is 45.0 Å². The first kappa shape index (κ1) is 18.5. The van der Waals surface area contributed by atoms with Crippen molar-refractivity contribution in [1.29, 1.82) is 0 Å². The van der Waals surface area contributed by atoms with Gasteiger partial charge in [-0.2, -0.15) is 0 Å². The van der Waals surface area contributed by atoms with E-state index in [4.69, 9.17) is 11.6 Å². The number of carbonyl (C=O) groups excluding carboxylic acids is 2. The van der Waals surface area contributed by atoms with E-state index in [2.05, 4.69) is 26.6 Å². The van der Waals surface area contributed by atoms with Crippen molar-refractivity contribution < 1.29 is 9.59 Å². The number of amides is 2. The largest absolute Gasteiger partial charge is 0.340 e. The molecular formula is C18H18BrClN2O2. The molecule has 0 unspecified atom stereocenters. The van der Waals surface area contributed by atoms with Gasteiger partial charge in [-0.15, -0.1) is 0 Å². The first-order valence-electron chi connectivity index (χ1n) is 7.50. The molecular weight excluding hydrogens is 392 g/mol. The monoisotopic (exact) mass is 408 g/mol. The lowest BCUT2D eigenvalue weighted by atomic mass is 10.0. The SMILES string of the molecule is CC(C)[C@@H](NC(=O)c1ccccc1Br)C(=O)Nc1ccc(Cl)cc1. The summed E-state index contributed by atoms with van der Waals surface area (Å²) in [6.07, 6.45) is 0. The summed E-state index contributed by atoms with van der Waals surface area (Å²) in [5.74, 6) is -0.635. The summed E-state index contributed by atoms with van der Waals surface area (Å²) in [6, 6.07) is 13.3. The van der Waals surface area contributed by atoms with Crippen LogP contribution >= 0.6 is 27.5 Å². The van der Waals surface area contributed by atoms with Crippen molar-refractivity contribution in [2.75, 3.05) is 5.32 Å². The molecule has 0 aliphatic rings. The molecule has 0 saturated heterocycles. The predicted octanol–water partition coefficient (Wildman–Crippen LogP) is 4.50. The Balaban J connectivity index is 2.11. The molecule has 24 heavy (non-hydrogen) atoms. The van der Waals surface area contributed by atoms with Crippen LogP contribution in [0.15, 0.2) is 53.0 Å². The van der Waals surface area contributed by atoms with E-state index in [9.17, 15) is 9.59 Å². The molecule has 0 aromatic heterocycles. The summed E-state index contributed by atoms with van der Waals surface area (Å²) in [4.78, 5) is 25.0. The smallest absolute Gasteiger partial charge is 0.253 e. The Kier molecular flexibility index (Phi) is 6.40. The highest BCUT2D eigenvalue weighted by molar-refractivity contribution is 9.10. The Morgan fingerprint density at radius 3 is 2.25 bits per heavy atom. The molecule has 0 spiro atoms. The summed E-state index contributed by atoms with van der Waals surface area (Å²) in [5.41, 5.74) is 1.12. The second-order valence-electron chi connectivity index (χ2n) is 5.67. The molecule has 2 aromatic carbocycles. The fourth-order valence-corrected chi connectivity index (χ4v) is 2.74. The second kappa shape index (κ2) is 8.31. The zero-order valence-corrected chi connectivity index (χ0v) is 15.7. The van der Waals surface area contributed by atoms with Crippen molar-refractivity contribution in [2.45, 2.75) is 19.9 Å². The fraction of sp³-hybridized carbons (Fsp3) is 0.222. The number of hydrogen-bond acceptors (Lipinski definition) is 2. The normalized spacial score (nSPS) is 11.9. The number of hydrogen-bond donors (Lipinski definition) is 2. The van der Waals surface area contributed by atoms with Gasteiger partial charge in [0.2, 0.25) is 5.91 Å². The van der Waals surface area contributed by atoms with Crippen LogP contribution in [-0.2, 0) is 4.79 Å². The van der Waals surface area contributed by atoms with Crippen molar-refractivity contribution in [3.05, 3.63) is 63.6 Å². The molecule has 6 heteroatoms. The topological polar surface area (TPSA) is 58.2 Å². The minimum Gasteiger partial charge on any atom is -0.340 e. The quantitative estimate of drug-likeness (QED) is 0.764. The van der Waals surface area contributed by atoms with Crippen LogP contribution in [0.5, 0.6) is 0 Å². The maximum atomic E-state index is 12.5. The Hall–Kier alpha value is -1.85. The number of benzene rings is 2. The Morgan fingerprint density at radius 1 is 1.04 bits per heavy atom. The van der Waals surface area contributed by atoms with Crippen LogP contribution in [0.1, 0.15) is 24.2 Å². The van der Waals surface area contributed by atoms with E-state index in [0.29, 0.717) is 20.7 Å². The third-order valence-corrected chi connectivity index (χ3v) is 4.41. The van der Waals surface area contributed by atoms with Crippen LogP contribution < -0.4 is 10.6 Å². The maximum absolute atomic E-state index is 12.5. The summed E-state index contributed by atoms with van der Waals surface area (Å²) in [6.45, 7) is 3.76. The average molecular weight is 410 g/mol. The van der Waals surface area contributed by atoms with Crippen LogP contribution in [0.3, 0.4) is 0 Å². The van der Waals surface area contributed by atoms with E-state index >= 15 is 0 Å². The molecule has 0 fully saturated rings.